The summed E-state index contributed by atoms with van der Waals surface area (Å²) < 4.78 is 5.09. The molecule has 1 aliphatic rings. The maximum Gasteiger partial charge on any atom is 0.0618 e. The van der Waals surface area contributed by atoms with E-state index in [1.807, 2.05) is 0 Å². The zero-order chi connectivity index (χ0) is 8.10. The molecule has 1 rings (SSSR count). The molecule has 0 spiro atoms. The van der Waals surface area contributed by atoms with Crippen LogP contribution in [0.1, 0.15) is 12.8 Å². The minimum absolute atomic E-state index is 0.566. The van der Waals surface area contributed by atoms with Crippen LogP contribution in [0, 0.1) is 12.3 Å². The van der Waals surface area contributed by atoms with E-state index in [1.54, 1.807) is 7.11 Å². The van der Waals surface area contributed by atoms with Crippen LogP contribution in [0.3, 0.4) is 0 Å². The fourth-order valence-electron chi connectivity index (χ4n) is 1.60. The van der Waals surface area contributed by atoms with E-state index >= 15 is 0 Å². The first-order valence-electron chi connectivity index (χ1n) is 4.05. The van der Waals surface area contributed by atoms with Gasteiger partial charge in [0.1, 0.15) is 0 Å². The molecule has 0 aromatic carbocycles. The van der Waals surface area contributed by atoms with Crippen molar-refractivity contribution in [2.24, 2.45) is 0 Å². The van der Waals surface area contributed by atoms with E-state index in [9.17, 15) is 0 Å². The Hall–Kier alpha value is -0.520. The zero-order valence-corrected chi connectivity index (χ0v) is 7.05. The molecular weight excluding hydrogens is 138 g/mol. The summed E-state index contributed by atoms with van der Waals surface area (Å²) in [7, 11) is 1.74. The molecule has 0 aliphatic carbocycles. The Morgan fingerprint density at radius 1 is 1.73 bits per heavy atom. The number of ether oxygens (including phenoxy) is 1. The molecule has 62 valence electrons. The van der Waals surface area contributed by atoms with Crippen molar-refractivity contribution in [1.29, 1.82) is 0 Å². The maximum atomic E-state index is 5.23. The van der Waals surface area contributed by atoms with Crippen LogP contribution >= 0.6 is 0 Å². The van der Waals surface area contributed by atoms with Crippen molar-refractivity contribution >= 4 is 0 Å². The van der Waals surface area contributed by atoms with Crippen molar-refractivity contribution in [2.45, 2.75) is 18.9 Å². The average Bonchev–Trinajstić information content (AvgIpc) is 2.39. The highest BCUT2D eigenvalue weighted by Gasteiger charge is 2.22. The van der Waals surface area contributed by atoms with E-state index in [1.165, 1.54) is 12.8 Å². The molecule has 0 unspecified atom stereocenters. The molecule has 1 heterocycles. The standard InChI is InChI=1S/C9H15NO/c1-3-6-10-7-4-5-9(10)8-11-2/h1,9H,4-8H2,2H3/t9-/m0/s1. The van der Waals surface area contributed by atoms with E-state index in [-0.39, 0.29) is 0 Å². The Balaban J connectivity index is 2.32. The second-order valence-electron chi connectivity index (χ2n) is 2.93. The van der Waals surface area contributed by atoms with Crippen molar-refractivity contribution in [3.63, 3.8) is 0 Å². The number of terminal acetylenes is 1. The monoisotopic (exact) mass is 153 g/mol. The van der Waals surface area contributed by atoms with Gasteiger partial charge in [-0.3, -0.25) is 4.90 Å². The second kappa shape index (κ2) is 4.38. The van der Waals surface area contributed by atoms with Crippen LogP contribution in [-0.2, 0) is 4.74 Å². The van der Waals surface area contributed by atoms with E-state index in [4.69, 9.17) is 11.2 Å². The molecular formula is C9H15NO. The van der Waals surface area contributed by atoms with Gasteiger partial charge in [0, 0.05) is 13.2 Å². The van der Waals surface area contributed by atoms with E-state index in [2.05, 4.69) is 10.8 Å². The highest BCUT2D eigenvalue weighted by atomic mass is 16.5. The summed E-state index contributed by atoms with van der Waals surface area (Å²) in [5.41, 5.74) is 0. The lowest BCUT2D eigenvalue weighted by Crippen LogP contribution is -2.32. The molecule has 1 saturated heterocycles. The van der Waals surface area contributed by atoms with Crippen LogP contribution < -0.4 is 0 Å². The lowest BCUT2D eigenvalue weighted by Gasteiger charge is -2.20. The van der Waals surface area contributed by atoms with Gasteiger partial charge in [-0.15, -0.1) is 6.42 Å². The Morgan fingerprint density at radius 2 is 2.55 bits per heavy atom. The highest BCUT2D eigenvalue weighted by molar-refractivity contribution is 4.92. The lowest BCUT2D eigenvalue weighted by atomic mass is 10.2. The predicted octanol–water partition coefficient (Wildman–Crippen LogP) is 0.730. The molecule has 0 N–H and O–H groups in total. The van der Waals surface area contributed by atoms with E-state index in [0.29, 0.717) is 6.04 Å². The smallest absolute Gasteiger partial charge is 0.0618 e. The molecule has 0 amide bonds. The molecule has 0 aromatic heterocycles. The number of likely N-dealkylation sites (tertiary alicyclic amines) is 1. The largest absolute Gasteiger partial charge is 0.383 e. The van der Waals surface area contributed by atoms with Gasteiger partial charge >= 0.3 is 0 Å². The van der Waals surface area contributed by atoms with Gasteiger partial charge in [-0.05, 0) is 19.4 Å². The van der Waals surface area contributed by atoms with Crippen LogP contribution in [0.2, 0.25) is 0 Å². The second-order valence-corrected chi connectivity index (χ2v) is 2.93. The van der Waals surface area contributed by atoms with Crippen molar-refractivity contribution in [3.05, 3.63) is 0 Å². The summed E-state index contributed by atoms with van der Waals surface area (Å²) in [6.07, 6.45) is 7.73. The van der Waals surface area contributed by atoms with Crippen LogP contribution in [0.25, 0.3) is 0 Å². The molecule has 2 heteroatoms. The topological polar surface area (TPSA) is 12.5 Å². The molecule has 1 aliphatic heterocycles. The number of hydrogen-bond acceptors (Lipinski definition) is 2. The molecule has 0 aromatic rings. The van der Waals surface area contributed by atoms with Crippen LogP contribution in [0.4, 0.5) is 0 Å². The highest BCUT2D eigenvalue weighted by Crippen LogP contribution is 2.15. The summed E-state index contributed by atoms with van der Waals surface area (Å²) >= 11 is 0. The van der Waals surface area contributed by atoms with Gasteiger partial charge in [0.05, 0.1) is 13.2 Å². The third-order valence-corrected chi connectivity index (χ3v) is 2.15. The van der Waals surface area contributed by atoms with Crippen LogP contribution in [0.15, 0.2) is 0 Å². The minimum atomic E-state index is 0.566. The molecule has 1 atom stereocenters. The average molecular weight is 153 g/mol. The zero-order valence-electron chi connectivity index (χ0n) is 7.05. The molecule has 11 heavy (non-hydrogen) atoms. The molecule has 2 nitrogen and oxygen atoms in total. The summed E-state index contributed by atoms with van der Waals surface area (Å²) in [5, 5.41) is 0. The fourth-order valence-corrected chi connectivity index (χ4v) is 1.60. The van der Waals surface area contributed by atoms with E-state index in [0.717, 1.165) is 19.7 Å². The Morgan fingerprint density at radius 3 is 3.18 bits per heavy atom. The first-order chi connectivity index (χ1) is 5.38. The number of hydrogen-bond donors (Lipinski definition) is 0. The third-order valence-electron chi connectivity index (χ3n) is 2.15. The van der Waals surface area contributed by atoms with Gasteiger partial charge in [0.25, 0.3) is 0 Å². The summed E-state index contributed by atoms with van der Waals surface area (Å²) in [4.78, 5) is 2.31. The predicted molar refractivity (Wildman–Crippen MR) is 45.3 cm³/mol. The van der Waals surface area contributed by atoms with E-state index < -0.39 is 0 Å². The molecule has 0 saturated carbocycles. The van der Waals surface area contributed by atoms with Crippen molar-refractivity contribution < 1.29 is 4.74 Å². The lowest BCUT2D eigenvalue weighted by molar-refractivity contribution is 0.123. The number of methoxy groups -OCH3 is 1. The maximum absolute atomic E-state index is 5.23. The van der Waals surface area contributed by atoms with Gasteiger partial charge in [0.2, 0.25) is 0 Å². The summed E-state index contributed by atoms with van der Waals surface area (Å²) in [6.45, 7) is 2.73. The normalized spacial score (nSPS) is 25.3. The van der Waals surface area contributed by atoms with Gasteiger partial charge in [-0.1, -0.05) is 5.92 Å². The van der Waals surface area contributed by atoms with Crippen LogP contribution in [-0.4, -0.2) is 37.7 Å². The Kier molecular flexibility index (Phi) is 3.41. The molecule has 0 bridgehead atoms. The number of rotatable bonds is 3. The fraction of sp³-hybridized carbons (Fsp3) is 0.778. The van der Waals surface area contributed by atoms with Crippen LogP contribution in [0.5, 0.6) is 0 Å². The summed E-state index contributed by atoms with van der Waals surface area (Å²) in [5.74, 6) is 2.67. The minimum Gasteiger partial charge on any atom is -0.383 e. The molecule has 0 radical (unpaired) electrons. The first-order valence-corrected chi connectivity index (χ1v) is 4.05. The molecule has 1 fully saturated rings. The van der Waals surface area contributed by atoms with Crippen molar-refractivity contribution in [3.8, 4) is 12.3 Å². The Bertz CT molecular complexity index is 150. The quantitative estimate of drug-likeness (QED) is 0.554. The van der Waals surface area contributed by atoms with Crippen molar-refractivity contribution in [1.82, 2.24) is 4.90 Å². The number of nitrogens with zero attached hydrogens (tertiary/aromatic N) is 1. The third kappa shape index (κ3) is 2.21. The van der Waals surface area contributed by atoms with Gasteiger partial charge in [-0.25, -0.2) is 0 Å². The van der Waals surface area contributed by atoms with Gasteiger partial charge in [-0.2, -0.15) is 0 Å². The van der Waals surface area contributed by atoms with Gasteiger partial charge < -0.3 is 4.74 Å². The Labute approximate surface area is 68.5 Å². The van der Waals surface area contributed by atoms with Gasteiger partial charge in [0.15, 0.2) is 0 Å². The SMILES string of the molecule is C#CCN1CCC[C@H]1COC. The van der Waals surface area contributed by atoms with Crippen molar-refractivity contribution in [2.75, 3.05) is 26.8 Å². The summed E-state index contributed by atoms with van der Waals surface area (Å²) in [6, 6.07) is 0.566. The first kappa shape index (κ1) is 8.58.